The Kier molecular flexibility index (Phi) is 6.54. The van der Waals surface area contributed by atoms with Crippen LogP contribution in [0.1, 0.15) is 0 Å². The van der Waals surface area contributed by atoms with Crippen molar-refractivity contribution in [2.45, 2.75) is 12.2 Å². The highest BCUT2D eigenvalue weighted by Crippen LogP contribution is 1.99. The second-order valence-electron chi connectivity index (χ2n) is 3.49. The number of amides is 2. The van der Waals surface area contributed by atoms with Gasteiger partial charge in [0.2, 0.25) is 0 Å². The van der Waals surface area contributed by atoms with Crippen molar-refractivity contribution in [2.75, 3.05) is 13.1 Å². The van der Waals surface area contributed by atoms with Crippen LogP contribution in [0.5, 0.6) is 0 Å². The summed E-state index contributed by atoms with van der Waals surface area (Å²) < 4.78 is 0. The molecule has 0 aliphatic rings. The summed E-state index contributed by atoms with van der Waals surface area (Å²) in [5, 5.41) is 18.8. The van der Waals surface area contributed by atoms with Gasteiger partial charge in [-0.25, -0.2) is 4.79 Å². The number of nitrogens with zero attached hydrogens (tertiary/aromatic N) is 1. The van der Waals surface area contributed by atoms with E-state index < -0.39 is 42.9 Å². The molecule has 0 rings (SSSR count). The Labute approximate surface area is 104 Å². The number of aliphatic hydroxyl groups excluding tert-OH is 2. The van der Waals surface area contributed by atoms with Crippen LogP contribution in [-0.4, -0.2) is 58.0 Å². The topological polar surface area (TPSA) is 121 Å². The number of ketones is 2. The van der Waals surface area contributed by atoms with Crippen LogP contribution in [0.4, 0.5) is 4.79 Å². The van der Waals surface area contributed by atoms with E-state index in [2.05, 4.69) is 13.2 Å². The normalized spacial score (nSPS) is 13.2. The van der Waals surface area contributed by atoms with Crippen LogP contribution in [0.2, 0.25) is 0 Å². The highest BCUT2D eigenvalue weighted by atomic mass is 16.3. The van der Waals surface area contributed by atoms with Gasteiger partial charge in [-0.3, -0.25) is 9.59 Å². The third kappa shape index (κ3) is 4.89. The van der Waals surface area contributed by atoms with Crippen LogP contribution in [0.25, 0.3) is 0 Å². The van der Waals surface area contributed by atoms with Crippen molar-refractivity contribution >= 4 is 17.6 Å². The van der Waals surface area contributed by atoms with Gasteiger partial charge in [-0.05, 0) is 12.2 Å². The van der Waals surface area contributed by atoms with E-state index in [4.69, 9.17) is 5.73 Å². The van der Waals surface area contributed by atoms with Crippen molar-refractivity contribution in [3.63, 3.8) is 0 Å². The van der Waals surface area contributed by atoms with Gasteiger partial charge < -0.3 is 20.8 Å². The largest absolute Gasteiger partial charge is 0.383 e. The zero-order valence-corrected chi connectivity index (χ0v) is 9.78. The van der Waals surface area contributed by atoms with Crippen LogP contribution in [0, 0.1) is 0 Å². The maximum absolute atomic E-state index is 11.1. The van der Waals surface area contributed by atoms with Crippen LogP contribution < -0.4 is 5.73 Å². The number of carbonyl (C=O) groups is 3. The van der Waals surface area contributed by atoms with E-state index in [-0.39, 0.29) is 0 Å². The average molecular weight is 256 g/mol. The quantitative estimate of drug-likeness (QED) is 0.461. The molecule has 7 nitrogen and oxygen atoms in total. The number of carbonyl (C=O) groups excluding carboxylic acids is 3. The lowest BCUT2D eigenvalue weighted by molar-refractivity contribution is -0.124. The summed E-state index contributed by atoms with van der Waals surface area (Å²) in [5.74, 6) is -1.38. The molecule has 0 aromatic carbocycles. The standard InChI is InChI=1S/C11H16N2O5/c1-3-7(14)9(16)5-13(11(12)18)6-10(17)8(15)4-2/h3-4,9-10,16-17H,1-2,5-6H2,(H2,12,18). The predicted molar refractivity (Wildman–Crippen MR) is 63.6 cm³/mol. The Morgan fingerprint density at radius 1 is 1.06 bits per heavy atom. The number of hydrogen-bond donors (Lipinski definition) is 3. The fourth-order valence-electron chi connectivity index (χ4n) is 1.12. The van der Waals surface area contributed by atoms with Gasteiger partial charge in [-0.2, -0.15) is 0 Å². The lowest BCUT2D eigenvalue weighted by Crippen LogP contribution is -2.47. The predicted octanol–water partition coefficient (Wildman–Crippen LogP) is -1.40. The van der Waals surface area contributed by atoms with Crippen molar-refractivity contribution in [1.29, 1.82) is 0 Å². The molecule has 100 valence electrons. The van der Waals surface area contributed by atoms with Crippen LogP contribution in [-0.2, 0) is 9.59 Å². The highest BCUT2D eigenvalue weighted by molar-refractivity contribution is 5.94. The molecule has 0 fully saturated rings. The van der Waals surface area contributed by atoms with Crippen molar-refractivity contribution < 1.29 is 24.6 Å². The second kappa shape index (κ2) is 7.36. The van der Waals surface area contributed by atoms with Crippen molar-refractivity contribution in [3.05, 3.63) is 25.3 Å². The van der Waals surface area contributed by atoms with Crippen LogP contribution in [0.15, 0.2) is 25.3 Å². The summed E-state index contributed by atoms with van der Waals surface area (Å²) >= 11 is 0. The minimum absolute atomic E-state index is 0.429. The van der Waals surface area contributed by atoms with Gasteiger partial charge >= 0.3 is 6.03 Å². The Balaban J connectivity index is 4.63. The lowest BCUT2D eigenvalue weighted by atomic mass is 10.2. The third-order valence-electron chi connectivity index (χ3n) is 2.16. The Bertz CT molecular complexity index is 338. The van der Waals surface area contributed by atoms with Crippen molar-refractivity contribution in [1.82, 2.24) is 4.90 Å². The summed E-state index contributed by atoms with van der Waals surface area (Å²) in [6, 6.07) is -0.971. The molecular formula is C11H16N2O5. The molecule has 2 unspecified atom stereocenters. The monoisotopic (exact) mass is 256 g/mol. The highest BCUT2D eigenvalue weighted by Gasteiger charge is 2.23. The van der Waals surface area contributed by atoms with E-state index in [1.165, 1.54) is 0 Å². The molecule has 0 radical (unpaired) electrons. The Morgan fingerprint density at radius 3 is 1.61 bits per heavy atom. The van der Waals surface area contributed by atoms with Gasteiger partial charge in [0.15, 0.2) is 11.6 Å². The molecule has 0 bridgehead atoms. The number of urea groups is 1. The van der Waals surface area contributed by atoms with Crippen molar-refractivity contribution in [3.8, 4) is 0 Å². The van der Waals surface area contributed by atoms with E-state index >= 15 is 0 Å². The molecule has 0 heterocycles. The molecule has 7 heteroatoms. The fourth-order valence-corrected chi connectivity index (χ4v) is 1.12. The Hall–Kier alpha value is -1.99. The first kappa shape index (κ1) is 16.0. The van der Waals surface area contributed by atoms with Crippen LogP contribution >= 0.6 is 0 Å². The first-order chi connectivity index (χ1) is 8.33. The summed E-state index contributed by atoms with van der Waals surface area (Å²) in [4.78, 5) is 33.9. The summed E-state index contributed by atoms with van der Waals surface area (Å²) in [6.45, 7) is 5.49. The number of rotatable bonds is 8. The average Bonchev–Trinajstić information content (AvgIpc) is 2.35. The van der Waals surface area contributed by atoms with E-state index in [1.54, 1.807) is 0 Å². The molecule has 18 heavy (non-hydrogen) atoms. The van der Waals surface area contributed by atoms with Gasteiger partial charge in [0.25, 0.3) is 0 Å². The van der Waals surface area contributed by atoms with Crippen LogP contribution in [0.3, 0.4) is 0 Å². The molecule has 0 saturated carbocycles. The molecular weight excluding hydrogens is 240 g/mol. The number of hydrogen-bond acceptors (Lipinski definition) is 5. The second-order valence-corrected chi connectivity index (χ2v) is 3.49. The van der Waals surface area contributed by atoms with E-state index in [1.807, 2.05) is 0 Å². The summed E-state index contributed by atoms with van der Waals surface area (Å²) in [5.41, 5.74) is 5.01. The van der Waals surface area contributed by atoms with Gasteiger partial charge in [0.1, 0.15) is 12.2 Å². The maximum atomic E-state index is 11.1. The van der Waals surface area contributed by atoms with Gasteiger partial charge in [0.05, 0.1) is 13.1 Å². The third-order valence-corrected chi connectivity index (χ3v) is 2.16. The van der Waals surface area contributed by atoms with Gasteiger partial charge in [-0.15, -0.1) is 0 Å². The van der Waals surface area contributed by atoms with E-state index in [0.717, 1.165) is 17.1 Å². The molecule has 4 N–H and O–H groups in total. The minimum Gasteiger partial charge on any atom is -0.383 e. The first-order valence-corrected chi connectivity index (χ1v) is 5.06. The van der Waals surface area contributed by atoms with Crippen molar-refractivity contribution in [2.24, 2.45) is 5.73 Å². The number of nitrogens with two attached hydrogens (primary N) is 1. The maximum Gasteiger partial charge on any atom is 0.314 e. The molecule has 2 atom stereocenters. The first-order valence-electron chi connectivity index (χ1n) is 5.06. The van der Waals surface area contributed by atoms with E-state index in [0.29, 0.717) is 0 Å². The fraction of sp³-hybridized carbons (Fsp3) is 0.364. The zero-order chi connectivity index (χ0) is 14.3. The molecule has 0 aromatic heterocycles. The molecule has 0 aromatic rings. The van der Waals surface area contributed by atoms with Gasteiger partial charge in [-0.1, -0.05) is 13.2 Å². The smallest absolute Gasteiger partial charge is 0.314 e. The summed E-state index contributed by atoms with van der Waals surface area (Å²) in [6.07, 6.45) is -1.20. The molecule has 0 aliphatic heterocycles. The number of primary amides is 1. The number of aliphatic hydroxyl groups is 2. The molecule has 0 spiro atoms. The molecule has 0 saturated heterocycles. The van der Waals surface area contributed by atoms with E-state index in [9.17, 15) is 24.6 Å². The molecule has 0 aliphatic carbocycles. The lowest BCUT2D eigenvalue weighted by Gasteiger charge is -2.24. The summed E-state index contributed by atoms with van der Waals surface area (Å²) in [7, 11) is 0. The SMILES string of the molecule is C=CC(=O)C(O)CN(CC(O)C(=O)C=C)C(N)=O. The zero-order valence-electron chi connectivity index (χ0n) is 9.78. The minimum atomic E-state index is -1.50. The Morgan fingerprint density at radius 2 is 1.39 bits per heavy atom. The van der Waals surface area contributed by atoms with Gasteiger partial charge in [0, 0.05) is 0 Å². The molecule has 2 amide bonds.